The molecule has 0 spiro atoms. The summed E-state index contributed by atoms with van der Waals surface area (Å²) in [5.41, 5.74) is 1.13. The Morgan fingerprint density at radius 2 is 1.77 bits per heavy atom. The third-order valence-corrected chi connectivity index (χ3v) is 4.08. The molecule has 0 atom stereocenters. The standard InChI is InChI=1S/C17H23N5/c1-3-22(15-7-5-4-6-8-15)17-18-10-9-16(19-17)21-13-11-20(2)12-14-21/h4-10H,3,11-14H2,1-2H3. The maximum Gasteiger partial charge on any atom is 0.231 e. The molecule has 5 heteroatoms. The average Bonchev–Trinajstić information content (AvgIpc) is 2.57. The quantitative estimate of drug-likeness (QED) is 0.866. The van der Waals surface area contributed by atoms with Crippen LogP contribution in [0.4, 0.5) is 17.5 Å². The fourth-order valence-electron chi connectivity index (χ4n) is 2.73. The largest absolute Gasteiger partial charge is 0.354 e. The highest BCUT2D eigenvalue weighted by Crippen LogP contribution is 2.23. The second-order valence-corrected chi connectivity index (χ2v) is 5.58. The lowest BCUT2D eigenvalue weighted by atomic mass is 10.3. The topological polar surface area (TPSA) is 35.5 Å². The predicted molar refractivity (Wildman–Crippen MR) is 90.9 cm³/mol. The van der Waals surface area contributed by atoms with Crippen molar-refractivity contribution in [3.8, 4) is 0 Å². The van der Waals surface area contributed by atoms with Crippen LogP contribution < -0.4 is 9.80 Å². The number of nitrogens with zero attached hydrogens (tertiary/aromatic N) is 5. The Bertz CT molecular complexity index is 593. The smallest absolute Gasteiger partial charge is 0.231 e. The molecule has 0 radical (unpaired) electrons. The Labute approximate surface area is 132 Å². The van der Waals surface area contributed by atoms with Gasteiger partial charge in [-0.05, 0) is 32.2 Å². The monoisotopic (exact) mass is 297 g/mol. The molecule has 2 aromatic rings. The van der Waals surface area contributed by atoms with Gasteiger partial charge in [-0.3, -0.25) is 0 Å². The van der Waals surface area contributed by atoms with Crippen molar-refractivity contribution in [2.24, 2.45) is 0 Å². The summed E-state index contributed by atoms with van der Waals surface area (Å²) in [6.07, 6.45) is 1.86. The number of rotatable bonds is 4. The van der Waals surface area contributed by atoms with Gasteiger partial charge in [0.2, 0.25) is 5.95 Å². The molecule has 0 unspecified atom stereocenters. The third-order valence-electron chi connectivity index (χ3n) is 4.08. The van der Waals surface area contributed by atoms with Crippen molar-refractivity contribution in [3.05, 3.63) is 42.6 Å². The van der Waals surface area contributed by atoms with E-state index in [1.165, 1.54) is 0 Å². The number of hydrogen-bond donors (Lipinski definition) is 0. The zero-order chi connectivity index (χ0) is 15.4. The van der Waals surface area contributed by atoms with Gasteiger partial charge in [-0.25, -0.2) is 4.98 Å². The maximum atomic E-state index is 4.79. The van der Waals surface area contributed by atoms with Crippen molar-refractivity contribution >= 4 is 17.5 Å². The Morgan fingerprint density at radius 1 is 1.05 bits per heavy atom. The van der Waals surface area contributed by atoms with Crippen LogP contribution in [-0.4, -0.2) is 54.6 Å². The number of benzene rings is 1. The lowest BCUT2D eigenvalue weighted by Gasteiger charge is -2.33. The molecule has 5 nitrogen and oxygen atoms in total. The summed E-state index contributed by atoms with van der Waals surface area (Å²) in [4.78, 5) is 16.1. The van der Waals surface area contributed by atoms with Crippen LogP contribution in [0.1, 0.15) is 6.92 Å². The molecule has 0 aliphatic carbocycles. The summed E-state index contributed by atoms with van der Waals surface area (Å²) < 4.78 is 0. The minimum atomic E-state index is 0.769. The minimum absolute atomic E-state index is 0.769. The van der Waals surface area contributed by atoms with Crippen LogP contribution in [0.3, 0.4) is 0 Å². The molecule has 22 heavy (non-hydrogen) atoms. The predicted octanol–water partition coefficient (Wildman–Crippen LogP) is 2.39. The van der Waals surface area contributed by atoms with Gasteiger partial charge < -0.3 is 14.7 Å². The fraction of sp³-hybridized carbons (Fsp3) is 0.412. The highest BCUT2D eigenvalue weighted by molar-refractivity contribution is 5.58. The second-order valence-electron chi connectivity index (χ2n) is 5.58. The zero-order valence-corrected chi connectivity index (χ0v) is 13.3. The van der Waals surface area contributed by atoms with Gasteiger partial charge in [-0.15, -0.1) is 0 Å². The summed E-state index contributed by atoms with van der Waals surface area (Å²) >= 11 is 0. The van der Waals surface area contributed by atoms with Crippen molar-refractivity contribution < 1.29 is 0 Å². The summed E-state index contributed by atoms with van der Waals surface area (Å²) in [6.45, 7) is 7.16. The lowest BCUT2D eigenvalue weighted by molar-refractivity contribution is 0.312. The van der Waals surface area contributed by atoms with E-state index >= 15 is 0 Å². The molecule has 2 heterocycles. The summed E-state index contributed by atoms with van der Waals surface area (Å²) in [6, 6.07) is 12.3. The SMILES string of the molecule is CCN(c1ccccc1)c1nccc(N2CCN(C)CC2)n1. The van der Waals surface area contributed by atoms with Gasteiger partial charge in [0.1, 0.15) is 5.82 Å². The summed E-state index contributed by atoms with van der Waals surface area (Å²) in [7, 11) is 2.16. The molecule has 0 amide bonds. The fourth-order valence-corrected chi connectivity index (χ4v) is 2.73. The van der Waals surface area contributed by atoms with E-state index in [-0.39, 0.29) is 0 Å². The van der Waals surface area contributed by atoms with E-state index in [0.29, 0.717) is 0 Å². The van der Waals surface area contributed by atoms with Crippen LogP contribution in [0.2, 0.25) is 0 Å². The maximum absolute atomic E-state index is 4.79. The molecular formula is C17H23N5. The Kier molecular flexibility index (Phi) is 4.53. The number of para-hydroxylation sites is 1. The van der Waals surface area contributed by atoms with E-state index in [1.807, 2.05) is 30.5 Å². The highest BCUT2D eigenvalue weighted by Gasteiger charge is 2.17. The highest BCUT2D eigenvalue weighted by atomic mass is 15.3. The molecule has 1 fully saturated rings. The van der Waals surface area contributed by atoms with Gasteiger partial charge in [0.15, 0.2) is 0 Å². The Hall–Kier alpha value is -2.14. The van der Waals surface area contributed by atoms with E-state index < -0.39 is 0 Å². The van der Waals surface area contributed by atoms with Gasteiger partial charge >= 0.3 is 0 Å². The first kappa shape index (κ1) is 14.8. The van der Waals surface area contributed by atoms with Crippen LogP contribution in [0, 0.1) is 0 Å². The molecular weight excluding hydrogens is 274 g/mol. The minimum Gasteiger partial charge on any atom is -0.354 e. The molecule has 0 saturated carbocycles. The first-order valence-corrected chi connectivity index (χ1v) is 7.87. The number of likely N-dealkylation sites (N-methyl/N-ethyl adjacent to an activating group) is 1. The first-order valence-electron chi connectivity index (χ1n) is 7.87. The number of hydrogen-bond acceptors (Lipinski definition) is 5. The Morgan fingerprint density at radius 3 is 2.45 bits per heavy atom. The zero-order valence-electron chi connectivity index (χ0n) is 13.3. The lowest BCUT2D eigenvalue weighted by Crippen LogP contribution is -2.44. The van der Waals surface area contributed by atoms with Crippen molar-refractivity contribution in [1.29, 1.82) is 0 Å². The summed E-state index contributed by atoms with van der Waals surface area (Å²) in [5, 5.41) is 0. The third kappa shape index (κ3) is 3.20. The van der Waals surface area contributed by atoms with Gasteiger partial charge in [0, 0.05) is 44.6 Å². The summed E-state index contributed by atoms with van der Waals surface area (Å²) in [5.74, 6) is 1.79. The molecule has 116 valence electrons. The van der Waals surface area contributed by atoms with E-state index in [2.05, 4.69) is 45.8 Å². The molecule has 0 bridgehead atoms. The van der Waals surface area contributed by atoms with E-state index in [0.717, 1.165) is 50.2 Å². The van der Waals surface area contributed by atoms with Crippen molar-refractivity contribution in [2.45, 2.75) is 6.92 Å². The molecule has 0 N–H and O–H groups in total. The normalized spacial score (nSPS) is 15.8. The van der Waals surface area contributed by atoms with Gasteiger partial charge in [0.05, 0.1) is 0 Å². The second kappa shape index (κ2) is 6.75. The number of anilines is 3. The Balaban J connectivity index is 1.84. The van der Waals surface area contributed by atoms with Gasteiger partial charge in [-0.1, -0.05) is 18.2 Å². The molecule has 1 saturated heterocycles. The molecule has 1 aromatic carbocycles. The van der Waals surface area contributed by atoms with E-state index in [4.69, 9.17) is 4.98 Å². The van der Waals surface area contributed by atoms with Crippen LogP contribution >= 0.6 is 0 Å². The van der Waals surface area contributed by atoms with Crippen molar-refractivity contribution in [2.75, 3.05) is 49.6 Å². The van der Waals surface area contributed by atoms with Gasteiger partial charge in [0.25, 0.3) is 0 Å². The van der Waals surface area contributed by atoms with Crippen LogP contribution in [0.15, 0.2) is 42.6 Å². The number of aromatic nitrogens is 2. The van der Waals surface area contributed by atoms with E-state index in [9.17, 15) is 0 Å². The molecule has 3 rings (SSSR count). The van der Waals surface area contributed by atoms with Crippen molar-refractivity contribution in [1.82, 2.24) is 14.9 Å². The number of piperazine rings is 1. The van der Waals surface area contributed by atoms with Crippen molar-refractivity contribution in [3.63, 3.8) is 0 Å². The molecule has 1 aliphatic rings. The first-order chi connectivity index (χ1) is 10.8. The van der Waals surface area contributed by atoms with Crippen LogP contribution in [0.5, 0.6) is 0 Å². The van der Waals surface area contributed by atoms with Crippen LogP contribution in [-0.2, 0) is 0 Å². The van der Waals surface area contributed by atoms with E-state index in [1.54, 1.807) is 0 Å². The molecule has 1 aromatic heterocycles. The van der Waals surface area contributed by atoms with Crippen LogP contribution in [0.25, 0.3) is 0 Å². The average molecular weight is 297 g/mol. The molecule has 1 aliphatic heterocycles. The van der Waals surface area contributed by atoms with Gasteiger partial charge in [-0.2, -0.15) is 4.98 Å².